The fourth-order valence-electron chi connectivity index (χ4n) is 2.53. The first-order valence-electron chi connectivity index (χ1n) is 7.57. The number of aromatic nitrogens is 2. The molecule has 0 aliphatic carbocycles. The van der Waals surface area contributed by atoms with Crippen molar-refractivity contribution in [2.24, 2.45) is 0 Å². The summed E-state index contributed by atoms with van der Waals surface area (Å²) < 4.78 is 1.59. The van der Waals surface area contributed by atoms with E-state index in [1.54, 1.807) is 35.8 Å². The van der Waals surface area contributed by atoms with E-state index >= 15 is 0 Å². The van der Waals surface area contributed by atoms with Crippen molar-refractivity contribution in [3.05, 3.63) is 69.6 Å². The highest BCUT2D eigenvalue weighted by Gasteiger charge is 2.10. The van der Waals surface area contributed by atoms with Gasteiger partial charge in [0.25, 0.3) is 5.56 Å². The Balaban J connectivity index is 1.81. The Kier molecular flexibility index (Phi) is 4.62. The quantitative estimate of drug-likeness (QED) is 0.791. The molecule has 0 radical (unpaired) electrons. The van der Waals surface area contributed by atoms with E-state index in [-0.39, 0.29) is 24.4 Å². The molecule has 0 atom stereocenters. The van der Waals surface area contributed by atoms with Crippen molar-refractivity contribution < 1.29 is 4.79 Å². The van der Waals surface area contributed by atoms with Gasteiger partial charge in [-0.25, -0.2) is 4.98 Å². The number of amides is 1. The van der Waals surface area contributed by atoms with E-state index < -0.39 is 0 Å². The number of hydrogen-bond donors (Lipinski definition) is 1. The Morgan fingerprint density at radius 1 is 1.17 bits per heavy atom. The third-order valence-electron chi connectivity index (χ3n) is 3.73. The molecule has 0 bridgehead atoms. The SMILES string of the molecule is Cc1nc2ccccc2n(CCC(=O)Nc2ccccc2Cl)c1=O. The molecule has 0 saturated heterocycles. The summed E-state index contributed by atoms with van der Waals surface area (Å²) in [7, 11) is 0. The number of benzene rings is 2. The van der Waals surface area contributed by atoms with Crippen LogP contribution in [0.4, 0.5) is 5.69 Å². The number of carbonyl (C=O) groups excluding carboxylic acids is 1. The Bertz CT molecular complexity index is 966. The zero-order valence-electron chi connectivity index (χ0n) is 13.1. The predicted octanol–water partition coefficient (Wildman–Crippen LogP) is 3.39. The van der Waals surface area contributed by atoms with E-state index in [0.29, 0.717) is 16.4 Å². The van der Waals surface area contributed by atoms with Gasteiger partial charge in [0.15, 0.2) is 0 Å². The van der Waals surface area contributed by atoms with E-state index in [4.69, 9.17) is 11.6 Å². The van der Waals surface area contributed by atoms with Crippen molar-refractivity contribution in [3.63, 3.8) is 0 Å². The molecule has 0 aliphatic rings. The van der Waals surface area contributed by atoms with E-state index in [9.17, 15) is 9.59 Å². The van der Waals surface area contributed by atoms with Gasteiger partial charge in [-0.1, -0.05) is 35.9 Å². The molecule has 2 aromatic carbocycles. The first-order chi connectivity index (χ1) is 11.6. The van der Waals surface area contributed by atoms with Gasteiger partial charge in [-0.3, -0.25) is 9.59 Å². The molecular formula is C18H16ClN3O2. The van der Waals surface area contributed by atoms with Gasteiger partial charge in [0.1, 0.15) is 5.69 Å². The van der Waals surface area contributed by atoms with Gasteiger partial charge < -0.3 is 9.88 Å². The van der Waals surface area contributed by atoms with Gasteiger partial charge in [-0.05, 0) is 31.2 Å². The molecule has 6 heteroatoms. The fraction of sp³-hybridized carbons (Fsp3) is 0.167. The molecule has 0 fully saturated rings. The Morgan fingerprint density at radius 2 is 1.88 bits per heavy atom. The van der Waals surface area contributed by atoms with Crippen molar-refractivity contribution in [1.82, 2.24) is 9.55 Å². The number of para-hydroxylation sites is 3. The van der Waals surface area contributed by atoms with Crippen LogP contribution >= 0.6 is 11.6 Å². The largest absolute Gasteiger partial charge is 0.325 e. The molecule has 0 saturated carbocycles. The van der Waals surface area contributed by atoms with Gasteiger partial charge in [-0.15, -0.1) is 0 Å². The minimum Gasteiger partial charge on any atom is -0.325 e. The maximum Gasteiger partial charge on any atom is 0.272 e. The van der Waals surface area contributed by atoms with Crippen LogP contribution in [-0.4, -0.2) is 15.5 Å². The summed E-state index contributed by atoms with van der Waals surface area (Å²) >= 11 is 6.03. The van der Waals surface area contributed by atoms with Crippen LogP contribution in [0.2, 0.25) is 5.02 Å². The lowest BCUT2D eigenvalue weighted by atomic mass is 10.2. The summed E-state index contributed by atoms with van der Waals surface area (Å²) in [4.78, 5) is 28.8. The van der Waals surface area contributed by atoms with E-state index in [1.165, 1.54) is 0 Å². The number of hydrogen-bond acceptors (Lipinski definition) is 3. The third-order valence-corrected chi connectivity index (χ3v) is 4.06. The monoisotopic (exact) mass is 341 g/mol. The summed E-state index contributed by atoms with van der Waals surface area (Å²) in [6.45, 7) is 1.95. The fourth-order valence-corrected chi connectivity index (χ4v) is 2.71. The zero-order valence-corrected chi connectivity index (χ0v) is 13.9. The van der Waals surface area contributed by atoms with Gasteiger partial charge in [0.2, 0.25) is 5.91 Å². The molecular weight excluding hydrogens is 326 g/mol. The van der Waals surface area contributed by atoms with Crippen molar-refractivity contribution in [3.8, 4) is 0 Å². The van der Waals surface area contributed by atoms with Gasteiger partial charge in [-0.2, -0.15) is 0 Å². The van der Waals surface area contributed by atoms with Gasteiger partial charge >= 0.3 is 0 Å². The molecule has 5 nitrogen and oxygen atoms in total. The van der Waals surface area contributed by atoms with Gasteiger partial charge in [0, 0.05) is 13.0 Å². The van der Waals surface area contributed by atoms with E-state index in [2.05, 4.69) is 10.3 Å². The molecule has 1 N–H and O–H groups in total. The highest BCUT2D eigenvalue weighted by atomic mass is 35.5. The Hall–Kier alpha value is -2.66. The number of rotatable bonds is 4. The average Bonchev–Trinajstić information content (AvgIpc) is 2.57. The summed E-state index contributed by atoms with van der Waals surface area (Å²) in [6, 6.07) is 14.4. The number of anilines is 1. The normalized spacial score (nSPS) is 10.8. The Morgan fingerprint density at radius 3 is 2.67 bits per heavy atom. The van der Waals surface area contributed by atoms with Crippen LogP contribution in [0.15, 0.2) is 53.3 Å². The zero-order chi connectivity index (χ0) is 17.1. The molecule has 122 valence electrons. The summed E-state index contributed by atoms with van der Waals surface area (Å²) in [6.07, 6.45) is 0.165. The third kappa shape index (κ3) is 3.31. The first-order valence-corrected chi connectivity index (χ1v) is 7.94. The van der Waals surface area contributed by atoms with Gasteiger partial charge in [0.05, 0.1) is 21.7 Å². The second-order valence-electron chi connectivity index (χ2n) is 5.42. The van der Waals surface area contributed by atoms with Crippen LogP contribution in [0.5, 0.6) is 0 Å². The lowest BCUT2D eigenvalue weighted by Crippen LogP contribution is -2.26. The van der Waals surface area contributed by atoms with Crippen molar-refractivity contribution in [2.45, 2.75) is 19.9 Å². The lowest BCUT2D eigenvalue weighted by Gasteiger charge is -2.11. The molecule has 3 rings (SSSR count). The highest BCUT2D eigenvalue weighted by molar-refractivity contribution is 6.33. The van der Waals surface area contributed by atoms with Crippen molar-refractivity contribution >= 4 is 34.2 Å². The summed E-state index contributed by atoms with van der Waals surface area (Å²) in [5.41, 5.74) is 2.26. The van der Waals surface area contributed by atoms with Crippen molar-refractivity contribution in [2.75, 3.05) is 5.32 Å². The number of carbonyl (C=O) groups is 1. The maximum absolute atomic E-state index is 12.4. The standard InChI is InChI=1S/C18H16ClN3O2/c1-12-18(24)22(16-9-5-4-8-15(16)20-12)11-10-17(23)21-14-7-3-2-6-13(14)19/h2-9H,10-11H2,1H3,(H,21,23). The minimum atomic E-state index is -0.200. The molecule has 1 aromatic heterocycles. The number of fused-ring (bicyclic) bond motifs is 1. The average molecular weight is 342 g/mol. The second-order valence-corrected chi connectivity index (χ2v) is 5.83. The van der Waals surface area contributed by atoms with Crippen molar-refractivity contribution in [1.29, 1.82) is 0 Å². The molecule has 1 heterocycles. The number of nitrogens with one attached hydrogen (secondary N) is 1. The topological polar surface area (TPSA) is 64.0 Å². The molecule has 1 amide bonds. The van der Waals surface area contributed by atoms with Crippen LogP contribution in [0, 0.1) is 6.92 Å². The Labute approximate surface area is 143 Å². The highest BCUT2D eigenvalue weighted by Crippen LogP contribution is 2.20. The number of halogens is 1. The molecule has 24 heavy (non-hydrogen) atoms. The van der Waals surface area contributed by atoms with Crippen LogP contribution in [0.25, 0.3) is 11.0 Å². The molecule has 0 unspecified atom stereocenters. The van der Waals surface area contributed by atoms with Crippen LogP contribution in [-0.2, 0) is 11.3 Å². The maximum atomic E-state index is 12.4. The summed E-state index contributed by atoms with van der Waals surface area (Å²) in [5, 5.41) is 3.24. The molecule has 0 aliphatic heterocycles. The first kappa shape index (κ1) is 16.2. The molecule has 3 aromatic rings. The van der Waals surface area contributed by atoms with E-state index in [1.807, 2.05) is 24.3 Å². The van der Waals surface area contributed by atoms with Crippen LogP contribution < -0.4 is 10.9 Å². The number of aryl methyl sites for hydroxylation is 2. The van der Waals surface area contributed by atoms with E-state index in [0.717, 1.165) is 11.0 Å². The number of nitrogens with zero attached hydrogens (tertiary/aromatic N) is 2. The van der Waals surface area contributed by atoms with Crippen LogP contribution in [0.1, 0.15) is 12.1 Å². The smallest absolute Gasteiger partial charge is 0.272 e. The molecule has 0 spiro atoms. The minimum absolute atomic E-state index is 0.165. The second kappa shape index (κ2) is 6.84. The summed E-state index contributed by atoms with van der Waals surface area (Å²) in [5.74, 6) is -0.200. The lowest BCUT2D eigenvalue weighted by molar-refractivity contribution is -0.116. The van der Waals surface area contributed by atoms with Crippen LogP contribution in [0.3, 0.4) is 0 Å². The predicted molar refractivity (Wildman–Crippen MR) is 95.4 cm³/mol.